The van der Waals surface area contributed by atoms with Crippen LogP contribution in [-0.2, 0) is 0 Å². The van der Waals surface area contributed by atoms with Crippen molar-refractivity contribution in [3.63, 3.8) is 0 Å². The topological polar surface area (TPSA) is 23.6 Å². The molecule has 0 radical (unpaired) electrons. The third-order valence-electron chi connectivity index (χ3n) is 2.25. The fraction of sp³-hybridized carbons (Fsp3) is 0.875. The van der Waals surface area contributed by atoms with Crippen LogP contribution in [0.25, 0.3) is 0 Å². The fourth-order valence-corrected chi connectivity index (χ4v) is 1.82. The minimum Gasteiger partial charge on any atom is -0.331 e. The maximum Gasteiger partial charge on any atom is 0.281 e. The summed E-state index contributed by atoms with van der Waals surface area (Å²) in [5, 5.41) is 0.214. The lowest BCUT2D eigenvalue weighted by atomic mass is 10.3. The predicted octanol–water partition coefficient (Wildman–Crippen LogP) is 1.11. The molecule has 1 rings (SSSR count). The molecule has 0 spiro atoms. The molecule has 1 heterocycles. The van der Waals surface area contributed by atoms with Crippen LogP contribution in [0.1, 0.15) is 6.92 Å². The summed E-state index contributed by atoms with van der Waals surface area (Å²) in [6.07, 6.45) is 1.84. The van der Waals surface area contributed by atoms with Crippen LogP contribution in [0, 0.1) is 0 Å². The molecule has 1 aliphatic heterocycles. The second kappa shape index (κ2) is 4.72. The van der Waals surface area contributed by atoms with Crippen LogP contribution in [0.2, 0.25) is 0 Å². The Kier molecular flexibility index (Phi) is 3.88. The lowest BCUT2D eigenvalue weighted by molar-refractivity contribution is 0.158. The van der Waals surface area contributed by atoms with Crippen LogP contribution < -0.4 is 0 Å². The second-order valence-corrected chi connectivity index (χ2v) is 3.65. The number of nitrogens with zero attached hydrogens (tertiary/aromatic N) is 2. The lowest BCUT2D eigenvalue weighted by Gasteiger charge is -2.33. The Balaban J connectivity index is 2.30. The number of hydrogen-bond donors (Lipinski definition) is 0. The first-order valence-corrected chi connectivity index (χ1v) is 5.55. The number of piperazine rings is 1. The van der Waals surface area contributed by atoms with Crippen LogP contribution in [0.15, 0.2) is 0 Å². The van der Waals surface area contributed by atoms with Gasteiger partial charge in [-0.05, 0) is 12.8 Å². The normalized spacial score (nSPS) is 19.7. The van der Waals surface area contributed by atoms with E-state index < -0.39 is 0 Å². The van der Waals surface area contributed by atoms with Gasteiger partial charge in [0.1, 0.15) is 0 Å². The van der Waals surface area contributed by atoms with Crippen LogP contribution >= 0.6 is 11.8 Å². The van der Waals surface area contributed by atoms with Gasteiger partial charge in [-0.1, -0.05) is 18.7 Å². The zero-order valence-corrected chi connectivity index (χ0v) is 8.56. The van der Waals surface area contributed by atoms with Gasteiger partial charge in [0.15, 0.2) is 0 Å². The van der Waals surface area contributed by atoms with Gasteiger partial charge in [0.05, 0.1) is 0 Å². The third-order valence-corrected chi connectivity index (χ3v) is 2.86. The summed E-state index contributed by atoms with van der Waals surface area (Å²) in [6, 6.07) is 0. The molecule has 0 aliphatic carbocycles. The summed E-state index contributed by atoms with van der Waals surface area (Å²) in [4.78, 5) is 15.5. The summed E-state index contributed by atoms with van der Waals surface area (Å²) in [7, 11) is 0. The van der Waals surface area contributed by atoms with E-state index in [9.17, 15) is 4.79 Å². The van der Waals surface area contributed by atoms with Gasteiger partial charge in [0.25, 0.3) is 5.24 Å². The molecule has 0 unspecified atom stereocenters. The van der Waals surface area contributed by atoms with Crippen LogP contribution in [-0.4, -0.2) is 54.0 Å². The van der Waals surface area contributed by atoms with Gasteiger partial charge >= 0.3 is 0 Å². The number of thioether (sulfide) groups is 1. The largest absolute Gasteiger partial charge is 0.331 e. The molecule has 0 N–H and O–H groups in total. The van der Waals surface area contributed by atoms with E-state index in [1.807, 2.05) is 11.2 Å². The first-order chi connectivity index (χ1) is 5.77. The van der Waals surface area contributed by atoms with Crippen molar-refractivity contribution < 1.29 is 4.79 Å². The zero-order chi connectivity index (χ0) is 8.97. The Morgan fingerprint density at radius 2 is 1.92 bits per heavy atom. The fourth-order valence-electron chi connectivity index (χ4n) is 1.38. The molecule has 1 saturated heterocycles. The van der Waals surface area contributed by atoms with E-state index in [1.165, 1.54) is 11.8 Å². The highest BCUT2D eigenvalue weighted by atomic mass is 32.2. The van der Waals surface area contributed by atoms with Gasteiger partial charge in [-0.2, -0.15) is 0 Å². The molecule has 0 aromatic carbocycles. The molecule has 0 aromatic rings. The number of carbonyl (C=O) groups excluding carboxylic acids is 1. The Hall–Kier alpha value is -0.220. The first kappa shape index (κ1) is 9.86. The SMILES string of the molecule is CCN1CCN(C(=O)SC)CC1. The Morgan fingerprint density at radius 1 is 1.33 bits per heavy atom. The number of hydrogen-bond acceptors (Lipinski definition) is 3. The second-order valence-electron chi connectivity index (χ2n) is 2.89. The molecule has 3 nitrogen and oxygen atoms in total. The number of likely N-dealkylation sites (N-methyl/N-ethyl adjacent to an activating group) is 1. The summed E-state index contributed by atoms with van der Waals surface area (Å²) >= 11 is 1.31. The van der Waals surface area contributed by atoms with Crippen molar-refractivity contribution in [3.05, 3.63) is 0 Å². The molecule has 4 heteroatoms. The van der Waals surface area contributed by atoms with Crippen molar-refractivity contribution in [1.82, 2.24) is 9.80 Å². The molecule has 0 atom stereocenters. The number of rotatable bonds is 1. The summed E-state index contributed by atoms with van der Waals surface area (Å²) < 4.78 is 0. The number of amides is 1. The smallest absolute Gasteiger partial charge is 0.281 e. The van der Waals surface area contributed by atoms with Crippen LogP contribution in [0.3, 0.4) is 0 Å². The van der Waals surface area contributed by atoms with Crippen molar-refractivity contribution in [2.75, 3.05) is 39.0 Å². The Bertz CT molecular complexity index is 155. The van der Waals surface area contributed by atoms with Crippen LogP contribution in [0.4, 0.5) is 4.79 Å². The summed E-state index contributed by atoms with van der Waals surface area (Å²) in [5.74, 6) is 0. The average molecular weight is 188 g/mol. The van der Waals surface area contributed by atoms with E-state index in [2.05, 4.69) is 11.8 Å². The molecule has 1 aliphatic rings. The van der Waals surface area contributed by atoms with Gasteiger partial charge in [-0.25, -0.2) is 0 Å². The number of carbonyl (C=O) groups is 1. The van der Waals surface area contributed by atoms with Gasteiger partial charge in [0.2, 0.25) is 0 Å². The monoisotopic (exact) mass is 188 g/mol. The van der Waals surface area contributed by atoms with Crippen molar-refractivity contribution >= 4 is 17.0 Å². The zero-order valence-electron chi connectivity index (χ0n) is 7.75. The van der Waals surface area contributed by atoms with Crippen molar-refractivity contribution in [3.8, 4) is 0 Å². The van der Waals surface area contributed by atoms with E-state index in [0.29, 0.717) is 0 Å². The van der Waals surface area contributed by atoms with E-state index in [1.54, 1.807) is 0 Å². The molecule has 0 bridgehead atoms. The highest BCUT2D eigenvalue weighted by molar-refractivity contribution is 8.12. The van der Waals surface area contributed by atoms with Gasteiger partial charge in [0, 0.05) is 26.2 Å². The lowest BCUT2D eigenvalue weighted by Crippen LogP contribution is -2.47. The average Bonchev–Trinajstić information content (AvgIpc) is 2.17. The van der Waals surface area contributed by atoms with E-state index >= 15 is 0 Å². The molecule has 0 aromatic heterocycles. The maximum absolute atomic E-state index is 11.2. The molecule has 1 fully saturated rings. The van der Waals surface area contributed by atoms with Crippen molar-refractivity contribution in [2.24, 2.45) is 0 Å². The minimum absolute atomic E-state index is 0.214. The third kappa shape index (κ3) is 2.38. The van der Waals surface area contributed by atoms with Crippen molar-refractivity contribution in [1.29, 1.82) is 0 Å². The summed E-state index contributed by atoms with van der Waals surface area (Å²) in [5.41, 5.74) is 0. The predicted molar refractivity (Wildman–Crippen MR) is 52.6 cm³/mol. The Labute approximate surface area is 78.1 Å². The minimum atomic E-state index is 0.214. The quantitative estimate of drug-likeness (QED) is 0.616. The molecule has 0 saturated carbocycles. The van der Waals surface area contributed by atoms with Gasteiger partial charge in [-0.15, -0.1) is 0 Å². The van der Waals surface area contributed by atoms with Gasteiger partial charge < -0.3 is 9.80 Å². The van der Waals surface area contributed by atoms with Crippen LogP contribution in [0.5, 0.6) is 0 Å². The molecule has 70 valence electrons. The molecular formula is C8H16N2OS. The molecule has 1 amide bonds. The van der Waals surface area contributed by atoms with E-state index in [0.717, 1.165) is 32.7 Å². The standard InChI is InChI=1S/C8H16N2OS/c1-3-9-4-6-10(7-5-9)8(11)12-2/h3-7H2,1-2H3. The Morgan fingerprint density at radius 3 is 2.33 bits per heavy atom. The highest BCUT2D eigenvalue weighted by Gasteiger charge is 2.18. The van der Waals surface area contributed by atoms with Crippen molar-refractivity contribution in [2.45, 2.75) is 6.92 Å². The summed E-state index contributed by atoms with van der Waals surface area (Å²) in [6.45, 7) is 7.11. The van der Waals surface area contributed by atoms with Gasteiger partial charge in [-0.3, -0.25) is 4.79 Å². The maximum atomic E-state index is 11.2. The van der Waals surface area contributed by atoms with E-state index in [4.69, 9.17) is 0 Å². The molecule has 12 heavy (non-hydrogen) atoms. The first-order valence-electron chi connectivity index (χ1n) is 4.33. The highest BCUT2D eigenvalue weighted by Crippen LogP contribution is 2.08. The van der Waals surface area contributed by atoms with E-state index in [-0.39, 0.29) is 5.24 Å². The molecular weight excluding hydrogens is 172 g/mol.